The van der Waals surface area contributed by atoms with Crippen LogP contribution in [0.25, 0.3) is 5.69 Å². The molecule has 0 saturated heterocycles. The van der Waals surface area contributed by atoms with Crippen molar-refractivity contribution >= 4 is 0 Å². The molecule has 0 spiro atoms. The first-order chi connectivity index (χ1) is 11.5. The molecule has 0 saturated carbocycles. The van der Waals surface area contributed by atoms with Crippen LogP contribution < -0.4 is 10.3 Å². The summed E-state index contributed by atoms with van der Waals surface area (Å²) in [4.78, 5) is 12.3. The number of ether oxygens (including phenoxy) is 1. The van der Waals surface area contributed by atoms with Gasteiger partial charge >= 0.3 is 0 Å². The summed E-state index contributed by atoms with van der Waals surface area (Å²) in [5, 5.41) is 0. The largest absolute Gasteiger partial charge is 0.489 e. The average Bonchev–Trinajstić information content (AvgIpc) is 2.54. The summed E-state index contributed by atoms with van der Waals surface area (Å²) in [6, 6.07) is 15.6. The van der Waals surface area contributed by atoms with Crippen molar-refractivity contribution in [1.29, 1.82) is 0 Å². The Morgan fingerprint density at radius 2 is 1.75 bits per heavy atom. The van der Waals surface area contributed by atoms with Gasteiger partial charge in [0, 0.05) is 35.1 Å². The van der Waals surface area contributed by atoms with Crippen molar-refractivity contribution in [1.82, 2.24) is 4.57 Å². The lowest BCUT2D eigenvalue weighted by atomic mass is 10.2. The second-order valence-electron chi connectivity index (χ2n) is 5.37. The third-order valence-electron chi connectivity index (χ3n) is 3.61. The van der Waals surface area contributed by atoms with Crippen LogP contribution in [0.4, 0.5) is 8.78 Å². The zero-order valence-electron chi connectivity index (χ0n) is 13.0. The van der Waals surface area contributed by atoms with E-state index in [4.69, 9.17) is 4.74 Å². The molecule has 2 aromatic carbocycles. The highest BCUT2D eigenvalue weighted by molar-refractivity contribution is 5.36. The first-order valence-electron chi connectivity index (χ1n) is 7.40. The van der Waals surface area contributed by atoms with E-state index in [-0.39, 0.29) is 17.7 Å². The van der Waals surface area contributed by atoms with E-state index in [0.717, 1.165) is 11.8 Å². The Bertz CT molecular complexity index is 920. The van der Waals surface area contributed by atoms with Gasteiger partial charge in [-0.3, -0.25) is 9.36 Å². The van der Waals surface area contributed by atoms with Gasteiger partial charge in [0.2, 0.25) is 0 Å². The summed E-state index contributed by atoms with van der Waals surface area (Å²) in [7, 11) is 0. The standard InChI is InChI=1S/C19H15F2NO2/c1-13-9-17(24-12-14-7-8-15(20)10-18(14)21)11-19(23)22(13)16-5-3-2-4-6-16/h2-11H,12H2,1H3. The number of aryl methyl sites for hydroxylation is 1. The number of rotatable bonds is 4. The number of hydrogen-bond acceptors (Lipinski definition) is 2. The molecule has 5 heteroatoms. The van der Waals surface area contributed by atoms with Gasteiger partial charge in [-0.1, -0.05) is 18.2 Å². The van der Waals surface area contributed by atoms with E-state index in [1.54, 1.807) is 17.6 Å². The van der Waals surface area contributed by atoms with Gasteiger partial charge in [-0.05, 0) is 31.2 Å². The molecular formula is C19H15F2NO2. The predicted octanol–water partition coefficient (Wildman–Crippen LogP) is 4.00. The van der Waals surface area contributed by atoms with Crippen LogP contribution in [-0.2, 0) is 6.61 Å². The fourth-order valence-electron chi connectivity index (χ4n) is 2.46. The molecule has 0 aliphatic heterocycles. The van der Waals surface area contributed by atoms with Crippen molar-refractivity contribution in [2.45, 2.75) is 13.5 Å². The number of nitrogens with zero attached hydrogens (tertiary/aromatic N) is 1. The number of aromatic nitrogens is 1. The molecule has 0 unspecified atom stereocenters. The first kappa shape index (κ1) is 15.9. The highest BCUT2D eigenvalue weighted by Gasteiger charge is 2.08. The van der Waals surface area contributed by atoms with Crippen LogP contribution >= 0.6 is 0 Å². The summed E-state index contributed by atoms with van der Waals surface area (Å²) in [6.45, 7) is 1.71. The van der Waals surface area contributed by atoms with Gasteiger partial charge in [0.05, 0.1) is 0 Å². The minimum Gasteiger partial charge on any atom is -0.489 e. The molecule has 122 valence electrons. The van der Waals surface area contributed by atoms with Crippen LogP contribution in [0.15, 0.2) is 65.5 Å². The van der Waals surface area contributed by atoms with Crippen LogP contribution in [0.5, 0.6) is 5.75 Å². The van der Waals surface area contributed by atoms with Gasteiger partial charge in [-0.15, -0.1) is 0 Å². The normalized spacial score (nSPS) is 10.6. The Hall–Kier alpha value is -2.95. The van der Waals surface area contributed by atoms with Crippen LogP contribution in [-0.4, -0.2) is 4.57 Å². The highest BCUT2D eigenvalue weighted by Crippen LogP contribution is 2.17. The Kier molecular flexibility index (Phi) is 4.42. The monoisotopic (exact) mass is 327 g/mol. The van der Waals surface area contributed by atoms with E-state index in [1.165, 1.54) is 18.2 Å². The predicted molar refractivity (Wildman–Crippen MR) is 87.5 cm³/mol. The maximum Gasteiger partial charge on any atom is 0.258 e. The second-order valence-corrected chi connectivity index (χ2v) is 5.37. The summed E-state index contributed by atoms with van der Waals surface area (Å²) >= 11 is 0. The van der Waals surface area contributed by atoms with Crippen molar-refractivity contribution in [3.05, 3.63) is 93.9 Å². The number of benzene rings is 2. The molecule has 0 aliphatic carbocycles. The second kappa shape index (κ2) is 6.66. The maximum atomic E-state index is 13.6. The molecule has 24 heavy (non-hydrogen) atoms. The van der Waals surface area contributed by atoms with Crippen molar-refractivity contribution < 1.29 is 13.5 Å². The Labute approximate surface area is 137 Å². The minimum absolute atomic E-state index is 0.0830. The molecule has 0 aliphatic rings. The Morgan fingerprint density at radius 1 is 1.00 bits per heavy atom. The van der Waals surface area contributed by atoms with E-state index in [2.05, 4.69) is 0 Å². The topological polar surface area (TPSA) is 31.2 Å². The van der Waals surface area contributed by atoms with Gasteiger partial charge in [-0.2, -0.15) is 0 Å². The number of hydrogen-bond donors (Lipinski definition) is 0. The van der Waals surface area contributed by atoms with Crippen LogP contribution in [0.1, 0.15) is 11.3 Å². The number of para-hydroxylation sites is 1. The average molecular weight is 327 g/mol. The zero-order chi connectivity index (χ0) is 17.1. The van der Waals surface area contributed by atoms with E-state index < -0.39 is 11.6 Å². The number of pyridine rings is 1. The van der Waals surface area contributed by atoms with Gasteiger partial charge < -0.3 is 4.74 Å². The van der Waals surface area contributed by atoms with Crippen LogP contribution in [0.3, 0.4) is 0 Å². The smallest absolute Gasteiger partial charge is 0.258 e. The quantitative estimate of drug-likeness (QED) is 0.725. The lowest BCUT2D eigenvalue weighted by Gasteiger charge is -2.12. The summed E-state index contributed by atoms with van der Waals surface area (Å²) in [6.07, 6.45) is 0. The summed E-state index contributed by atoms with van der Waals surface area (Å²) in [5.74, 6) is -0.977. The van der Waals surface area contributed by atoms with Gasteiger partial charge in [0.25, 0.3) is 5.56 Å². The Morgan fingerprint density at radius 3 is 2.42 bits per heavy atom. The molecule has 0 radical (unpaired) electrons. The van der Waals surface area contributed by atoms with Crippen LogP contribution in [0, 0.1) is 18.6 Å². The van der Waals surface area contributed by atoms with E-state index in [9.17, 15) is 13.6 Å². The lowest BCUT2D eigenvalue weighted by Crippen LogP contribution is -2.19. The van der Waals surface area contributed by atoms with E-state index >= 15 is 0 Å². The fraction of sp³-hybridized carbons (Fsp3) is 0.105. The SMILES string of the molecule is Cc1cc(OCc2ccc(F)cc2F)cc(=O)n1-c1ccccc1. The number of halogens is 2. The molecule has 3 nitrogen and oxygen atoms in total. The van der Waals surface area contributed by atoms with Crippen molar-refractivity contribution in [2.24, 2.45) is 0 Å². The molecule has 1 heterocycles. The third-order valence-corrected chi connectivity index (χ3v) is 3.61. The van der Waals surface area contributed by atoms with Crippen molar-refractivity contribution in [2.75, 3.05) is 0 Å². The molecule has 3 rings (SSSR count). The molecule has 0 N–H and O–H groups in total. The molecule has 0 bridgehead atoms. The molecule has 1 aromatic heterocycles. The van der Waals surface area contributed by atoms with Gasteiger partial charge in [0.15, 0.2) is 0 Å². The van der Waals surface area contributed by atoms with Gasteiger partial charge in [-0.25, -0.2) is 8.78 Å². The molecule has 0 fully saturated rings. The zero-order valence-corrected chi connectivity index (χ0v) is 13.0. The third kappa shape index (κ3) is 3.35. The van der Waals surface area contributed by atoms with Crippen molar-refractivity contribution in [3.8, 4) is 11.4 Å². The summed E-state index contributed by atoms with van der Waals surface area (Å²) < 4.78 is 33.6. The van der Waals surface area contributed by atoms with E-state index in [0.29, 0.717) is 11.4 Å². The highest BCUT2D eigenvalue weighted by atomic mass is 19.1. The summed E-state index contributed by atoms with van der Waals surface area (Å²) in [5.41, 5.74) is 1.44. The molecule has 0 amide bonds. The van der Waals surface area contributed by atoms with Crippen LogP contribution in [0.2, 0.25) is 0 Å². The first-order valence-corrected chi connectivity index (χ1v) is 7.40. The lowest BCUT2D eigenvalue weighted by molar-refractivity contribution is 0.298. The van der Waals surface area contributed by atoms with Gasteiger partial charge in [0.1, 0.15) is 24.0 Å². The fourth-order valence-corrected chi connectivity index (χ4v) is 2.46. The molecule has 0 atom stereocenters. The Balaban J connectivity index is 1.84. The van der Waals surface area contributed by atoms with E-state index in [1.807, 2.05) is 30.3 Å². The van der Waals surface area contributed by atoms with Crippen molar-refractivity contribution in [3.63, 3.8) is 0 Å². The minimum atomic E-state index is -0.677. The molecular weight excluding hydrogens is 312 g/mol. The maximum absolute atomic E-state index is 13.6. The molecule has 3 aromatic rings.